The van der Waals surface area contributed by atoms with E-state index in [4.69, 9.17) is 9.52 Å². The molecule has 0 aliphatic carbocycles. The number of halogens is 1. The van der Waals surface area contributed by atoms with Gasteiger partial charge in [0.2, 0.25) is 15.8 Å². The molecule has 0 saturated carbocycles. The van der Waals surface area contributed by atoms with Gasteiger partial charge in [0.05, 0.1) is 0 Å². The molecule has 0 aliphatic heterocycles. The summed E-state index contributed by atoms with van der Waals surface area (Å²) in [6.07, 6.45) is 3.82. The second kappa shape index (κ2) is 7.06. The van der Waals surface area contributed by atoms with Gasteiger partial charge in [0.15, 0.2) is 4.67 Å². The molecule has 0 saturated heterocycles. The molecule has 19 heavy (non-hydrogen) atoms. The van der Waals surface area contributed by atoms with E-state index in [2.05, 4.69) is 27.6 Å². The van der Waals surface area contributed by atoms with Crippen molar-refractivity contribution < 1.29 is 22.7 Å². The van der Waals surface area contributed by atoms with Crippen LogP contribution in [0, 0.1) is 0 Å². The summed E-state index contributed by atoms with van der Waals surface area (Å²) in [5.74, 6) is -1.73. The minimum absolute atomic E-state index is 0.106. The summed E-state index contributed by atoms with van der Waals surface area (Å²) in [6, 6.07) is 0.987. The zero-order valence-corrected chi connectivity index (χ0v) is 12.9. The van der Waals surface area contributed by atoms with Gasteiger partial charge in [-0.05, 0) is 22.4 Å². The van der Waals surface area contributed by atoms with Gasteiger partial charge in [-0.2, -0.15) is 0 Å². The van der Waals surface area contributed by atoms with Crippen molar-refractivity contribution in [2.75, 3.05) is 6.54 Å². The molecular formula is C11H16BrNO5S. The first-order valence-electron chi connectivity index (χ1n) is 5.90. The summed E-state index contributed by atoms with van der Waals surface area (Å²) in [4.78, 5) is 10.5. The molecule has 0 amide bonds. The Balaban J connectivity index is 2.69. The molecule has 108 valence electrons. The van der Waals surface area contributed by atoms with Crippen molar-refractivity contribution in [2.45, 2.75) is 37.5 Å². The van der Waals surface area contributed by atoms with Crippen LogP contribution in [0.1, 0.15) is 43.2 Å². The zero-order chi connectivity index (χ0) is 14.5. The fourth-order valence-electron chi connectivity index (χ4n) is 1.48. The number of nitrogens with one attached hydrogen (secondary N) is 1. The van der Waals surface area contributed by atoms with Gasteiger partial charge in [-0.25, -0.2) is 17.9 Å². The largest absolute Gasteiger partial charge is 0.475 e. The van der Waals surface area contributed by atoms with Crippen LogP contribution < -0.4 is 4.72 Å². The maximum absolute atomic E-state index is 11.9. The summed E-state index contributed by atoms with van der Waals surface area (Å²) < 4.78 is 31.0. The van der Waals surface area contributed by atoms with E-state index >= 15 is 0 Å². The molecule has 0 fully saturated rings. The highest BCUT2D eigenvalue weighted by Gasteiger charge is 2.24. The topological polar surface area (TPSA) is 96.6 Å². The number of carboxylic acids is 1. The van der Waals surface area contributed by atoms with Crippen molar-refractivity contribution in [3.05, 3.63) is 16.5 Å². The van der Waals surface area contributed by atoms with Gasteiger partial charge in [-0.3, -0.25) is 0 Å². The van der Waals surface area contributed by atoms with Crippen LogP contribution in [0.25, 0.3) is 0 Å². The first-order valence-corrected chi connectivity index (χ1v) is 8.18. The summed E-state index contributed by atoms with van der Waals surface area (Å²) >= 11 is 2.91. The summed E-state index contributed by atoms with van der Waals surface area (Å²) in [7, 11) is -3.74. The lowest BCUT2D eigenvalue weighted by Gasteiger charge is -2.04. The quantitative estimate of drug-likeness (QED) is 0.700. The maximum Gasteiger partial charge on any atom is 0.371 e. The zero-order valence-electron chi connectivity index (χ0n) is 10.5. The fourth-order valence-corrected chi connectivity index (χ4v) is 3.49. The lowest BCUT2D eigenvalue weighted by atomic mass is 10.2. The van der Waals surface area contributed by atoms with Crippen LogP contribution in [0.5, 0.6) is 0 Å². The third-order valence-corrected chi connectivity index (χ3v) is 4.80. The molecule has 1 aromatic rings. The van der Waals surface area contributed by atoms with Gasteiger partial charge in [0, 0.05) is 12.6 Å². The van der Waals surface area contributed by atoms with E-state index in [1.165, 1.54) is 0 Å². The summed E-state index contributed by atoms with van der Waals surface area (Å²) in [5.41, 5.74) is 0. The monoisotopic (exact) mass is 353 g/mol. The highest BCUT2D eigenvalue weighted by Crippen LogP contribution is 2.26. The number of rotatable bonds is 8. The number of unbranched alkanes of at least 4 members (excludes halogenated alkanes) is 3. The fraction of sp³-hybridized carbons (Fsp3) is 0.545. The number of hydrogen-bond donors (Lipinski definition) is 2. The molecule has 0 aliphatic rings. The molecule has 8 heteroatoms. The Morgan fingerprint density at radius 1 is 1.42 bits per heavy atom. The van der Waals surface area contributed by atoms with Crippen molar-refractivity contribution in [3.8, 4) is 0 Å². The summed E-state index contributed by atoms with van der Waals surface area (Å²) in [5, 5.41) is 8.73. The Bertz CT molecular complexity index is 537. The van der Waals surface area contributed by atoms with Crippen LogP contribution in [0.2, 0.25) is 0 Å². The van der Waals surface area contributed by atoms with Crippen LogP contribution >= 0.6 is 15.9 Å². The normalized spacial score (nSPS) is 11.7. The Morgan fingerprint density at radius 3 is 2.63 bits per heavy atom. The van der Waals surface area contributed by atoms with Gasteiger partial charge in [-0.1, -0.05) is 26.2 Å². The minimum atomic E-state index is -3.74. The van der Waals surface area contributed by atoms with Crippen LogP contribution in [0.15, 0.2) is 20.0 Å². The van der Waals surface area contributed by atoms with Gasteiger partial charge < -0.3 is 9.52 Å². The second-order valence-electron chi connectivity index (χ2n) is 4.01. The number of aromatic carboxylic acids is 1. The highest BCUT2D eigenvalue weighted by molar-refractivity contribution is 9.10. The van der Waals surface area contributed by atoms with Crippen molar-refractivity contribution in [3.63, 3.8) is 0 Å². The number of carboxylic acid groups (broad SMARTS) is 1. The average Bonchev–Trinajstić information content (AvgIpc) is 2.72. The maximum atomic E-state index is 11.9. The van der Waals surface area contributed by atoms with E-state index in [0.29, 0.717) is 6.54 Å². The minimum Gasteiger partial charge on any atom is -0.475 e. The molecule has 0 radical (unpaired) electrons. The van der Waals surface area contributed by atoms with E-state index in [1.807, 2.05) is 0 Å². The molecule has 0 aromatic carbocycles. The predicted molar refractivity (Wildman–Crippen MR) is 72.7 cm³/mol. The SMILES string of the molecule is CCCCCCNS(=O)(=O)c1cc(C(=O)O)oc1Br. The van der Waals surface area contributed by atoms with E-state index in [1.54, 1.807) is 0 Å². The predicted octanol–water partition coefficient (Wildman–Crippen LogP) is 2.60. The number of hydrogen-bond acceptors (Lipinski definition) is 4. The van der Waals surface area contributed by atoms with Crippen molar-refractivity contribution in [1.29, 1.82) is 0 Å². The Labute approximate surface area is 120 Å². The van der Waals surface area contributed by atoms with Crippen molar-refractivity contribution in [2.24, 2.45) is 0 Å². The molecule has 6 nitrogen and oxygen atoms in total. The van der Waals surface area contributed by atoms with Crippen LogP contribution in [-0.2, 0) is 10.0 Å². The number of furan rings is 1. The van der Waals surface area contributed by atoms with E-state index in [9.17, 15) is 13.2 Å². The molecule has 1 aromatic heterocycles. The molecule has 1 rings (SSSR count). The molecule has 0 bridgehead atoms. The molecule has 1 heterocycles. The Hall–Kier alpha value is -0.860. The molecule has 2 N–H and O–H groups in total. The standard InChI is InChI=1S/C11H16BrNO5S/c1-2-3-4-5-6-13-19(16,17)9-7-8(11(14)15)18-10(9)12/h7,13H,2-6H2,1H3,(H,14,15). The average molecular weight is 354 g/mol. The van der Waals surface area contributed by atoms with Crippen LogP contribution in [-0.4, -0.2) is 26.0 Å². The molecule has 0 spiro atoms. The lowest BCUT2D eigenvalue weighted by Crippen LogP contribution is -2.24. The van der Waals surface area contributed by atoms with Crippen molar-refractivity contribution >= 4 is 31.9 Å². The van der Waals surface area contributed by atoms with Gasteiger partial charge in [-0.15, -0.1) is 0 Å². The second-order valence-corrected chi connectivity index (χ2v) is 6.47. The van der Waals surface area contributed by atoms with Crippen LogP contribution in [0.3, 0.4) is 0 Å². The molecular weight excluding hydrogens is 338 g/mol. The van der Waals surface area contributed by atoms with E-state index < -0.39 is 21.8 Å². The number of sulfonamides is 1. The Kier molecular flexibility index (Phi) is 6.02. The summed E-state index contributed by atoms with van der Waals surface area (Å²) in [6.45, 7) is 2.39. The number of carbonyl (C=O) groups is 1. The highest BCUT2D eigenvalue weighted by atomic mass is 79.9. The van der Waals surface area contributed by atoms with E-state index in [0.717, 1.165) is 31.7 Å². The molecule has 0 unspecified atom stereocenters. The van der Waals surface area contributed by atoms with E-state index in [-0.39, 0.29) is 9.56 Å². The van der Waals surface area contributed by atoms with Gasteiger partial charge in [0.25, 0.3) is 0 Å². The van der Waals surface area contributed by atoms with Crippen LogP contribution in [0.4, 0.5) is 0 Å². The first kappa shape index (κ1) is 16.2. The molecule has 0 atom stereocenters. The Morgan fingerprint density at radius 2 is 2.11 bits per heavy atom. The third kappa shape index (κ3) is 4.63. The van der Waals surface area contributed by atoms with Gasteiger partial charge in [0.1, 0.15) is 4.90 Å². The third-order valence-electron chi connectivity index (χ3n) is 2.48. The first-order chi connectivity index (χ1) is 8.88. The smallest absolute Gasteiger partial charge is 0.371 e. The van der Waals surface area contributed by atoms with Gasteiger partial charge >= 0.3 is 5.97 Å². The van der Waals surface area contributed by atoms with Crippen molar-refractivity contribution in [1.82, 2.24) is 4.72 Å². The lowest BCUT2D eigenvalue weighted by molar-refractivity contribution is 0.0661.